The molecule has 0 aliphatic rings. The van der Waals surface area contributed by atoms with Gasteiger partial charge in [-0.05, 0) is 48.4 Å². The summed E-state index contributed by atoms with van der Waals surface area (Å²) in [5.74, 6) is -0.645. The average Bonchev–Trinajstić information content (AvgIpc) is 2.54. The molecule has 0 radical (unpaired) electrons. The van der Waals surface area contributed by atoms with Gasteiger partial charge in [-0.25, -0.2) is 0 Å². The molecule has 24 heavy (non-hydrogen) atoms. The normalized spacial score (nSPS) is 11.0. The molecule has 1 amide bonds. The van der Waals surface area contributed by atoms with E-state index >= 15 is 0 Å². The summed E-state index contributed by atoms with van der Waals surface area (Å²) >= 11 is 0. The largest absolute Gasteiger partial charge is 0.573 e. The Balaban J connectivity index is 1.83. The maximum Gasteiger partial charge on any atom is 0.573 e. The molecule has 0 aromatic heterocycles. The number of hydrogen-bond acceptors (Lipinski definition) is 3. The van der Waals surface area contributed by atoms with Gasteiger partial charge < -0.3 is 15.4 Å². The van der Waals surface area contributed by atoms with Crippen molar-refractivity contribution in [1.29, 1.82) is 0 Å². The lowest BCUT2D eigenvalue weighted by atomic mass is 10.1. The standard InChI is InChI=1S/C17H17F3N2O2/c1-2-12-3-5-13(6-4-12)21-11-16(23)22-14-7-9-15(10-8-14)24-17(18,19)20/h3-10,21H,2,11H2,1H3,(H,22,23). The van der Waals surface area contributed by atoms with Crippen molar-refractivity contribution in [3.63, 3.8) is 0 Å². The number of nitrogens with one attached hydrogen (secondary N) is 2. The first kappa shape index (κ1) is 17.7. The summed E-state index contributed by atoms with van der Waals surface area (Å²) in [5, 5.41) is 5.56. The predicted molar refractivity (Wildman–Crippen MR) is 86.1 cm³/mol. The maximum atomic E-state index is 12.1. The fourth-order valence-corrected chi connectivity index (χ4v) is 1.99. The van der Waals surface area contributed by atoms with Crippen molar-refractivity contribution in [2.75, 3.05) is 17.2 Å². The smallest absolute Gasteiger partial charge is 0.406 e. The van der Waals surface area contributed by atoms with Crippen LogP contribution >= 0.6 is 0 Å². The molecule has 0 spiro atoms. The molecule has 2 aromatic carbocycles. The fourth-order valence-electron chi connectivity index (χ4n) is 1.99. The topological polar surface area (TPSA) is 50.4 Å². The molecular formula is C17H17F3N2O2. The minimum absolute atomic E-state index is 0.0479. The number of halogens is 3. The number of anilines is 2. The molecule has 4 nitrogen and oxygen atoms in total. The van der Waals surface area contributed by atoms with Crippen LogP contribution in [-0.2, 0) is 11.2 Å². The maximum absolute atomic E-state index is 12.1. The van der Waals surface area contributed by atoms with Crippen LogP contribution in [0.25, 0.3) is 0 Å². The summed E-state index contributed by atoms with van der Waals surface area (Å²) in [7, 11) is 0. The van der Waals surface area contributed by atoms with E-state index in [9.17, 15) is 18.0 Å². The van der Waals surface area contributed by atoms with E-state index in [1.807, 2.05) is 24.3 Å². The van der Waals surface area contributed by atoms with Gasteiger partial charge in [0, 0.05) is 11.4 Å². The number of carbonyl (C=O) groups is 1. The second-order valence-electron chi connectivity index (χ2n) is 5.02. The molecule has 2 rings (SSSR count). The minimum atomic E-state index is -4.73. The molecule has 2 N–H and O–H groups in total. The highest BCUT2D eigenvalue weighted by molar-refractivity contribution is 5.93. The van der Waals surface area contributed by atoms with Crippen LogP contribution in [0.5, 0.6) is 5.75 Å². The van der Waals surface area contributed by atoms with Crippen molar-refractivity contribution in [1.82, 2.24) is 0 Å². The molecule has 0 saturated carbocycles. The highest BCUT2D eigenvalue weighted by Gasteiger charge is 2.30. The third-order valence-corrected chi connectivity index (χ3v) is 3.19. The first-order valence-electron chi connectivity index (χ1n) is 7.34. The highest BCUT2D eigenvalue weighted by Crippen LogP contribution is 2.23. The van der Waals surface area contributed by atoms with E-state index in [4.69, 9.17) is 0 Å². The van der Waals surface area contributed by atoms with E-state index in [1.54, 1.807) is 0 Å². The van der Waals surface area contributed by atoms with Crippen LogP contribution < -0.4 is 15.4 Å². The van der Waals surface area contributed by atoms with E-state index < -0.39 is 6.36 Å². The van der Waals surface area contributed by atoms with Gasteiger partial charge in [0.2, 0.25) is 5.91 Å². The monoisotopic (exact) mass is 338 g/mol. The van der Waals surface area contributed by atoms with Crippen LogP contribution in [0.3, 0.4) is 0 Å². The number of carbonyl (C=O) groups excluding carboxylic acids is 1. The SMILES string of the molecule is CCc1ccc(NCC(=O)Nc2ccc(OC(F)(F)F)cc2)cc1. The summed E-state index contributed by atoms with van der Waals surface area (Å²) in [5.41, 5.74) is 2.40. The number of benzene rings is 2. The van der Waals surface area contributed by atoms with Crippen molar-refractivity contribution < 1.29 is 22.7 Å². The minimum Gasteiger partial charge on any atom is -0.406 e. The Bertz CT molecular complexity index is 668. The molecule has 7 heteroatoms. The third-order valence-electron chi connectivity index (χ3n) is 3.19. The lowest BCUT2D eigenvalue weighted by Gasteiger charge is -2.10. The van der Waals surface area contributed by atoms with Crippen molar-refractivity contribution in [3.8, 4) is 5.75 Å². The van der Waals surface area contributed by atoms with E-state index in [-0.39, 0.29) is 18.2 Å². The summed E-state index contributed by atoms with van der Waals surface area (Å²) < 4.78 is 39.9. The van der Waals surface area contributed by atoms with Gasteiger partial charge in [0.1, 0.15) is 5.75 Å². The molecule has 0 atom stereocenters. The number of hydrogen-bond donors (Lipinski definition) is 2. The summed E-state index contributed by atoms with van der Waals surface area (Å²) in [6, 6.07) is 12.7. The number of rotatable bonds is 6. The Kier molecular flexibility index (Phi) is 5.68. The molecular weight excluding hydrogens is 321 g/mol. The molecule has 0 heterocycles. The van der Waals surface area contributed by atoms with Crippen molar-refractivity contribution >= 4 is 17.3 Å². The molecule has 0 saturated heterocycles. The molecule has 0 fully saturated rings. The van der Waals surface area contributed by atoms with Gasteiger partial charge in [0.05, 0.1) is 6.54 Å². The summed E-state index contributed by atoms with van der Waals surface area (Å²) in [6.07, 6.45) is -3.79. The van der Waals surface area contributed by atoms with Gasteiger partial charge in [-0.2, -0.15) is 0 Å². The van der Waals surface area contributed by atoms with Crippen molar-refractivity contribution in [2.45, 2.75) is 19.7 Å². The predicted octanol–water partition coefficient (Wildman–Crippen LogP) is 4.20. The molecule has 2 aromatic rings. The first-order valence-corrected chi connectivity index (χ1v) is 7.34. The Morgan fingerprint density at radius 3 is 2.12 bits per heavy atom. The molecule has 0 aliphatic heterocycles. The summed E-state index contributed by atoms with van der Waals surface area (Å²) in [6.45, 7) is 2.10. The van der Waals surface area contributed by atoms with Gasteiger partial charge >= 0.3 is 6.36 Å². The molecule has 128 valence electrons. The highest BCUT2D eigenvalue weighted by atomic mass is 19.4. The van der Waals surface area contributed by atoms with E-state index in [0.29, 0.717) is 5.69 Å². The lowest BCUT2D eigenvalue weighted by Crippen LogP contribution is -2.21. The van der Waals surface area contributed by atoms with E-state index in [0.717, 1.165) is 24.2 Å². The van der Waals surface area contributed by atoms with Crippen LogP contribution in [0.4, 0.5) is 24.5 Å². The number of aryl methyl sites for hydroxylation is 1. The zero-order valence-electron chi connectivity index (χ0n) is 13.0. The second kappa shape index (κ2) is 7.72. The average molecular weight is 338 g/mol. The van der Waals surface area contributed by atoms with Gasteiger partial charge in [-0.3, -0.25) is 4.79 Å². The Hall–Kier alpha value is -2.70. The third kappa shape index (κ3) is 5.83. The van der Waals surface area contributed by atoms with Gasteiger partial charge in [-0.15, -0.1) is 13.2 Å². The quantitative estimate of drug-likeness (QED) is 0.830. The Morgan fingerprint density at radius 2 is 1.58 bits per heavy atom. The fraction of sp³-hybridized carbons (Fsp3) is 0.235. The van der Waals surface area contributed by atoms with E-state index in [2.05, 4.69) is 22.3 Å². The zero-order valence-corrected chi connectivity index (χ0v) is 13.0. The Labute approximate surface area is 137 Å². The van der Waals surface area contributed by atoms with Gasteiger partial charge in [0.15, 0.2) is 0 Å². The molecule has 0 aliphatic carbocycles. The Morgan fingerprint density at radius 1 is 1.00 bits per heavy atom. The number of alkyl halides is 3. The van der Waals surface area contributed by atoms with Crippen LogP contribution in [-0.4, -0.2) is 18.8 Å². The van der Waals surface area contributed by atoms with Crippen LogP contribution in [0, 0.1) is 0 Å². The summed E-state index contributed by atoms with van der Waals surface area (Å²) in [4.78, 5) is 11.8. The zero-order chi connectivity index (χ0) is 17.6. The van der Waals surface area contributed by atoms with Crippen molar-refractivity contribution in [3.05, 3.63) is 54.1 Å². The van der Waals surface area contributed by atoms with Gasteiger partial charge in [-0.1, -0.05) is 19.1 Å². The second-order valence-corrected chi connectivity index (χ2v) is 5.02. The van der Waals surface area contributed by atoms with Crippen molar-refractivity contribution in [2.24, 2.45) is 0 Å². The number of ether oxygens (including phenoxy) is 1. The van der Waals surface area contributed by atoms with Gasteiger partial charge in [0.25, 0.3) is 0 Å². The van der Waals surface area contributed by atoms with Crippen LogP contribution in [0.15, 0.2) is 48.5 Å². The first-order chi connectivity index (χ1) is 11.4. The lowest BCUT2D eigenvalue weighted by molar-refractivity contribution is -0.274. The van der Waals surface area contributed by atoms with E-state index in [1.165, 1.54) is 17.7 Å². The van der Waals surface area contributed by atoms with Crippen LogP contribution in [0.2, 0.25) is 0 Å². The molecule has 0 bridgehead atoms. The van der Waals surface area contributed by atoms with Crippen LogP contribution in [0.1, 0.15) is 12.5 Å². The molecule has 0 unspecified atom stereocenters. The number of amides is 1.